The first-order chi connectivity index (χ1) is 7.16. The molecule has 2 rings (SSSR count). The number of hydrogen-bond acceptors (Lipinski definition) is 2. The molecule has 15 heavy (non-hydrogen) atoms. The van der Waals surface area contributed by atoms with E-state index in [9.17, 15) is 0 Å². The van der Waals surface area contributed by atoms with E-state index in [2.05, 4.69) is 49.6 Å². The molecule has 1 fully saturated rings. The molecule has 2 N–H and O–H groups in total. The number of benzene rings is 1. The number of hydrogen-bond donors (Lipinski definition) is 2. The minimum atomic E-state index is 0.334. The molecule has 1 heterocycles. The minimum Gasteiger partial charge on any atom is -0.298 e. The van der Waals surface area contributed by atoms with Crippen molar-refractivity contribution in [1.82, 2.24) is 10.6 Å². The molecule has 0 unspecified atom stereocenters. The van der Waals surface area contributed by atoms with Crippen LogP contribution in [0.1, 0.15) is 29.8 Å². The van der Waals surface area contributed by atoms with Crippen molar-refractivity contribution in [3.8, 4) is 0 Å². The third-order valence-corrected chi connectivity index (χ3v) is 3.21. The second-order valence-corrected chi connectivity index (χ2v) is 4.70. The second kappa shape index (κ2) is 4.33. The molecule has 0 amide bonds. The Balaban J connectivity index is 2.12. The fraction of sp³-hybridized carbons (Fsp3) is 0.538. The first-order valence-corrected chi connectivity index (χ1v) is 5.71. The average Bonchev–Trinajstić information content (AvgIpc) is 2.23. The highest BCUT2D eigenvalue weighted by Gasteiger charge is 2.17. The van der Waals surface area contributed by atoms with Gasteiger partial charge in [-0.1, -0.05) is 25.1 Å². The maximum absolute atomic E-state index is 3.52. The smallest absolute Gasteiger partial charge is 0.0835 e. The summed E-state index contributed by atoms with van der Waals surface area (Å²) in [5, 5.41) is 7.04. The average molecular weight is 204 g/mol. The molecular formula is C13H20N2. The van der Waals surface area contributed by atoms with Gasteiger partial charge in [0.15, 0.2) is 0 Å². The zero-order chi connectivity index (χ0) is 10.8. The largest absolute Gasteiger partial charge is 0.298 e. The fourth-order valence-corrected chi connectivity index (χ4v) is 1.96. The summed E-state index contributed by atoms with van der Waals surface area (Å²) in [6.07, 6.45) is 0.334. The Morgan fingerprint density at radius 2 is 1.73 bits per heavy atom. The SMILES string of the molecule is Cc1ccc(C2NCC(C)CN2)cc1C. The van der Waals surface area contributed by atoms with Crippen molar-refractivity contribution in [3.05, 3.63) is 34.9 Å². The van der Waals surface area contributed by atoms with E-state index in [0.717, 1.165) is 19.0 Å². The van der Waals surface area contributed by atoms with E-state index < -0.39 is 0 Å². The summed E-state index contributed by atoms with van der Waals surface area (Å²) in [7, 11) is 0. The molecule has 1 aliphatic heterocycles. The molecule has 1 aromatic carbocycles. The monoisotopic (exact) mass is 204 g/mol. The quantitative estimate of drug-likeness (QED) is 0.732. The molecule has 2 nitrogen and oxygen atoms in total. The van der Waals surface area contributed by atoms with E-state index in [1.54, 1.807) is 0 Å². The van der Waals surface area contributed by atoms with Crippen LogP contribution in [0.3, 0.4) is 0 Å². The maximum atomic E-state index is 3.52. The van der Waals surface area contributed by atoms with Crippen LogP contribution in [0.25, 0.3) is 0 Å². The molecule has 0 atom stereocenters. The first-order valence-electron chi connectivity index (χ1n) is 5.71. The summed E-state index contributed by atoms with van der Waals surface area (Å²) in [5.41, 5.74) is 4.09. The summed E-state index contributed by atoms with van der Waals surface area (Å²) in [5.74, 6) is 0.729. The fourth-order valence-electron chi connectivity index (χ4n) is 1.96. The van der Waals surface area contributed by atoms with Crippen LogP contribution in [0.2, 0.25) is 0 Å². The van der Waals surface area contributed by atoms with Gasteiger partial charge in [0.05, 0.1) is 6.17 Å². The molecule has 0 saturated carbocycles. The third-order valence-electron chi connectivity index (χ3n) is 3.21. The lowest BCUT2D eigenvalue weighted by Gasteiger charge is -2.29. The lowest BCUT2D eigenvalue weighted by atomic mass is 10.0. The van der Waals surface area contributed by atoms with Gasteiger partial charge in [-0.25, -0.2) is 0 Å². The van der Waals surface area contributed by atoms with Crippen LogP contribution in [-0.2, 0) is 0 Å². The van der Waals surface area contributed by atoms with Gasteiger partial charge >= 0.3 is 0 Å². The first kappa shape index (κ1) is 10.7. The molecule has 2 heteroatoms. The zero-order valence-corrected chi connectivity index (χ0v) is 9.80. The van der Waals surface area contributed by atoms with Gasteiger partial charge in [0.25, 0.3) is 0 Å². The Bertz CT molecular complexity index is 338. The van der Waals surface area contributed by atoms with Crippen molar-refractivity contribution in [2.45, 2.75) is 26.9 Å². The van der Waals surface area contributed by atoms with Crippen LogP contribution in [0.5, 0.6) is 0 Å². The van der Waals surface area contributed by atoms with Crippen molar-refractivity contribution in [2.75, 3.05) is 13.1 Å². The Morgan fingerprint density at radius 3 is 2.33 bits per heavy atom. The third kappa shape index (κ3) is 2.39. The molecule has 1 aromatic rings. The van der Waals surface area contributed by atoms with E-state index in [-0.39, 0.29) is 0 Å². The molecule has 0 bridgehead atoms. The standard InChI is InChI=1S/C13H20N2/c1-9-7-14-13(15-8-9)12-5-4-10(2)11(3)6-12/h4-6,9,13-15H,7-8H2,1-3H3. The Labute approximate surface area is 92.1 Å². The molecule has 1 saturated heterocycles. The molecule has 0 radical (unpaired) electrons. The van der Waals surface area contributed by atoms with E-state index in [1.165, 1.54) is 16.7 Å². The Kier molecular flexibility index (Phi) is 3.08. The molecule has 0 spiro atoms. The van der Waals surface area contributed by atoms with Gasteiger partial charge in [-0.15, -0.1) is 0 Å². The Morgan fingerprint density at radius 1 is 1.07 bits per heavy atom. The minimum absolute atomic E-state index is 0.334. The van der Waals surface area contributed by atoms with Crippen molar-refractivity contribution in [1.29, 1.82) is 0 Å². The molecular weight excluding hydrogens is 184 g/mol. The van der Waals surface area contributed by atoms with Gasteiger partial charge in [-0.05, 0) is 36.5 Å². The second-order valence-electron chi connectivity index (χ2n) is 4.70. The Hall–Kier alpha value is -0.860. The summed E-state index contributed by atoms with van der Waals surface area (Å²) >= 11 is 0. The van der Waals surface area contributed by atoms with Crippen LogP contribution in [0, 0.1) is 19.8 Å². The summed E-state index contributed by atoms with van der Waals surface area (Å²) in [6, 6.07) is 6.69. The van der Waals surface area contributed by atoms with E-state index >= 15 is 0 Å². The van der Waals surface area contributed by atoms with Crippen LogP contribution in [-0.4, -0.2) is 13.1 Å². The summed E-state index contributed by atoms with van der Waals surface area (Å²) in [4.78, 5) is 0. The molecule has 0 aromatic heterocycles. The number of rotatable bonds is 1. The van der Waals surface area contributed by atoms with E-state index in [1.807, 2.05) is 0 Å². The predicted molar refractivity (Wildman–Crippen MR) is 63.8 cm³/mol. The van der Waals surface area contributed by atoms with Crippen molar-refractivity contribution >= 4 is 0 Å². The lowest BCUT2D eigenvalue weighted by molar-refractivity contribution is 0.314. The van der Waals surface area contributed by atoms with E-state index in [4.69, 9.17) is 0 Å². The highest BCUT2D eigenvalue weighted by molar-refractivity contribution is 5.31. The normalized spacial score (nSPS) is 26.6. The number of nitrogens with one attached hydrogen (secondary N) is 2. The van der Waals surface area contributed by atoms with E-state index in [0.29, 0.717) is 6.17 Å². The van der Waals surface area contributed by atoms with Crippen LogP contribution >= 0.6 is 0 Å². The predicted octanol–water partition coefficient (Wildman–Crippen LogP) is 2.13. The zero-order valence-electron chi connectivity index (χ0n) is 9.80. The van der Waals surface area contributed by atoms with Gasteiger partial charge in [0.2, 0.25) is 0 Å². The number of aryl methyl sites for hydroxylation is 2. The van der Waals surface area contributed by atoms with Gasteiger partial charge in [-0.3, -0.25) is 10.6 Å². The highest BCUT2D eigenvalue weighted by Crippen LogP contribution is 2.17. The van der Waals surface area contributed by atoms with Crippen molar-refractivity contribution in [2.24, 2.45) is 5.92 Å². The van der Waals surface area contributed by atoms with Gasteiger partial charge in [0, 0.05) is 13.1 Å². The van der Waals surface area contributed by atoms with Crippen molar-refractivity contribution < 1.29 is 0 Å². The van der Waals surface area contributed by atoms with Crippen LogP contribution < -0.4 is 10.6 Å². The van der Waals surface area contributed by atoms with Gasteiger partial charge in [0.1, 0.15) is 0 Å². The lowest BCUT2D eigenvalue weighted by Crippen LogP contribution is -2.45. The molecule has 82 valence electrons. The topological polar surface area (TPSA) is 24.1 Å². The summed E-state index contributed by atoms with van der Waals surface area (Å²) in [6.45, 7) is 8.79. The summed E-state index contributed by atoms with van der Waals surface area (Å²) < 4.78 is 0. The molecule has 0 aliphatic carbocycles. The molecule has 1 aliphatic rings. The van der Waals surface area contributed by atoms with Gasteiger partial charge in [-0.2, -0.15) is 0 Å². The van der Waals surface area contributed by atoms with Crippen LogP contribution in [0.4, 0.5) is 0 Å². The van der Waals surface area contributed by atoms with Crippen molar-refractivity contribution in [3.63, 3.8) is 0 Å². The highest BCUT2D eigenvalue weighted by atomic mass is 15.1. The maximum Gasteiger partial charge on any atom is 0.0835 e. The van der Waals surface area contributed by atoms with Crippen LogP contribution in [0.15, 0.2) is 18.2 Å². The van der Waals surface area contributed by atoms with Gasteiger partial charge < -0.3 is 0 Å².